The Morgan fingerprint density at radius 2 is 1.79 bits per heavy atom. The summed E-state index contributed by atoms with van der Waals surface area (Å²) in [5.74, 6) is -0.180. The van der Waals surface area contributed by atoms with Gasteiger partial charge in [-0.25, -0.2) is 0 Å². The molecule has 1 atom stereocenters. The number of unbranched alkanes of at least 4 members (excludes halogenated alkanes) is 1. The van der Waals surface area contributed by atoms with Crippen LogP contribution in [0.15, 0.2) is 72.6 Å². The molecule has 4 rings (SSSR count). The van der Waals surface area contributed by atoms with E-state index in [-0.39, 0.29) is 29.8 Å². The molecule has 200 valence electrons. The Labute approximate surface area is 232 Å². The van der Waals surface area contributed by atoms with E-state index in [1.165, 1.54) is 21.6 Å². The highest BCUT2D eigenvalue weighted by molar-refractivity contribution is 7.10. The highest BCUT2D eigenvalue weighted by Crippen LogP contribution is 2.38. The van der Waals surface area contributed by atoms with Gasteiger partial charge in [-0.1, -0.05) is 76.6 Å². The third-order valence-electron chi connectivity index (χ3n) is 7.36. The predicted octanol–water partition coefficient (Wildman–Crippen LogP) is 7.19. The van der Waals surface area contributed by atoms with Gasteiger partial charge in [-0.3, -0.25) is 9.59 Å². The van der Waals surface area contributed by atoms with E-state index >= 15 is 0 Å². The first kappa shape index (κ1) is 27.8. The number of thiophene rings is 1. The molecule has 0 saturated carbocycles. The van der Waals surface area contributed by atoms with Crippen LogP contribution < -0.4 is 0 Å². The molecule has 2 heterocycles. The zero-order valence-electron chi connectivity index (χ0n) is 23.2. The van der Waals surface area contributed by atoms with Gasteiger partial charge in [0, 0.05) is 23.5 Å². The van der Waals surface area contributed by atoms with Crippen LogP contribution in [0, 0.1) is 0 Å². The molecule has 0 bridgehead atoms. The molecule has 2 aromatic carbocycles. The molecule has 1 unspecified atom stereocenters. The van der Waals surface area contributed by atoms with Crippen molar-refractivity contribution >= 4 is 23.2 Å². The molecule has 0 N–H and O–H groups in total. The van der Waals surface area contributed by atoms with Gasteiger partial charge < -0.3 is 9.80 Å². The second kappa shape index (κ2) is 12.1. The van der Waals surface area contributed by atoms with E-state index in [9.17, 15) is 9.59 Å². The Morgan fingerprint density at radius 1 is 1.08 bits per heavy atom. The van der Waals surface area contributed by atoms with Crippen LogP contribution >= 0.6 is 11.3 Å². The van der Waals surface area contributed by atoms with Crippen LogP contribution in [0.4, 0.5) is 0 Å². The topological polar surface area (TPSA) is 40.6 Å². The van der Waals surface area contributed by atoms with Crippen LogP contribution in [0.2, 0.25) is 0 Å². The van der Waals surface area contributed by atoms with Gasteiger partial charge in [0.25, 0.3) is 5.91 Å². The monoisotopic (exact) mass is 528 g/mol. The summed E-state index contributed by atoms with van der Waals surface area (Å²) in [6.07, 6.45) is 5.81. The van der Waals surface area contributed by atoms with Crippen molar-refractivity contribution in [3.05, 3.63) is 105 Å². The van der Waals surface area contributed by atoms with Crippen molar-refractivity contribution in [1.29, 1.82) is 0 Å². The highest BCUT2D eigenvalue weighted by Gasteiger charge is 2.34. The minimum Gasteiger partial charge on any atom is -0.330 e. The average Bonchev–Trinajstić information content (AvgIpc) is 3.39. The van der Waals surface area contributed by atoms with E-state index in [1.54, 1.807) is 22.3 Å². The number of carbonyl (C=O) groups is 2. The predicted molar refractivity (Wildman–Crippen MR) is 158 cm³/mol. The number of aryl methyl sites for hydroxylation is 1. The fourth-order valence-corrected chi connectivity index (χ4v) is 6.02. The fraction of sp³-hybridized carbons (Fsp3) is 0.394. The second-order valence-electron chi connectivity index (χ2n) is 11.2. The van der Waals surface area contributed by atoms with Crippen molar-refractivity contribution in [2.24, 2.45) is 0 Å². The molecular weight excluding hydrogens is 488 g/mol. The number of hydrogen-bond acceptors (Lipinski definition) is 3. The van der Waals surface area contributed by atoms with Gasteiger partial charge in [-0.05, 0) is 70.5 Å². The van der Waals surface area contributed by atoms with E-state index in [4.69, 9.17) is 0 Å². The van der Waals surface area contributed by atoms with Crippen LogP contribution in [0.5, 0.6) is 0 Å². The molecule has 1 aliphatic heterocycles. The largest absolute Gasteiger partial charge is 0.330 e. The van der Waals surface area contributed by atoms with E-state index in [0.29, 0.717) is 18.7 Å². The fourth-order valence-electron chi connectivity index (χ4n) is 5.12. The lowest BCUT2D eigenvalue weighted by Crippen LogP contribution is -2.46. The lowest BCUT2D eigenvalue weighted by Gasteiger charge is -2.37. The molecule has 0 fully saturated rings. The van der Waals surface area contributed by atoms with Crippen molar-refractivity contribution in [3.8, 4) is 0 Å². The van der Waals surface area contributed by atoms with Crippen LogP contribution in [-0.2, 0) is 23.1 Å². The first-order valence-corrected chi connectivity index (χ1v) is 14.6. The van der Waals surface area contributed by atoms with Gasteiger partial charge in [0.2, 0.25) is 5.91 Å². The van der Waals surface area contributed by atoms with Crippen molar-refractivity contribution in [1.82, 2.24) is 9.80 Å². The summed E-state index contributed by atoms with van der Waals surface area (Å²) in [7, 11) is 0. The zero-order chi connectivity index (χ0) is 27.3. The van der Waals surface area contributed by atoms with Gasteiger partial charge in [-0.15, -0.1) is 17.9 Å². The van der Waals surface area contributed by atoms with Gasteiger partial charge >= 0.3 is 0 Å². The number of fused-ring (bicyclic) bond motifs is 1. The Balaban J connectivity index is 1.56. The van der Waals surface area contributed by atoms with E-state index in [0.717, 1.165) is 31.2 Å². The number of carbonyl (C=O) groups excluding carboxylic acids is 2. The van der Waals surface area contributed by atoms with Gasteiger partial charge in [0.1, 0.15) is 6.54 Å². The van der Waals surface area contributed by atoms with Gasteiger partial charge in [0.15, 0.2) is 0 Å². The average molecular weight is 529 g/mol. The Morgan fingerprint density at radius 3 is 2.42 bits per heavy atom. The Hall–Kier alpha value is -3.18. The first-order valence-electron chi connectivity index (χ1n) is 13.7. The summed E-state index contributed by atoms with van der Waals surface area (Å²) in [6, 6.07) is 18.5. The summed E-state index contributed by atoms with van der Waals surface area (Å²) in [5.41, 5.74) is 5.47. The van der Waals surface area contributed by atoms with Crippen LogP contribution in [0.25, 0.3) is 0 Å². The van der Waals surface area contributed by atoms with Crippen LogP contribution in [0.3, 0.4) is 0 Å². The van der Waals surface area contributed by atoms with Crippen molar-refractivity contribution in [2.75, 3.05) is 19.6 Å². The van der Waals surface area contributed by atoms with E-state index in [1.807, 2.05) is 29.2 Å². The smallest absolute Gasteiger partial charge is 0.254 e. The minimum atomic E-state index is -0.148. The lowest BCUT2D eigenvalue weighted by atomic mass is 9.85. The molecule has 38 heavy (non-hydrogen) atoms. The molecule has 4 nitrogen and oxygen atoms in total. The molecule has 3 aromatic rings. The maximum atomic E-state index is 13.8. The van der Waals surface area contributed by atoms with Crippen molar-refractivity contribution < 1.29 is 9.59 Å². The van der Waals surface area contributed by atoms with E-state index in [2.05, 4.69) is 70.0 Å². The number of hydrogen-bond donors (Lipinski definition) is 0. The standard InChI is InChI=1S/C33H40N2O2S/c1-6-8-9-24-10-12-26(13-11-24)32(37)34(20-7-2)23-30(36)35-21-18-29-28(19-22-38-29)31(35)25-14-16-27(17-15-25)33(3,4)5/h7,10-17,19,22,31H,2,6,8-9,18,20-21,23H2,1,3-5H3. The molecule has 1 aromatic heterocycles. The molecule has 2 amide bonds. The van der Waals surface area contributed by atoms with Crippen molar-refractivity contribution in [3.63, 3.8) is 0 Å². The number of amides is 2. The Bertz CT molecular complexity index is 1250. The quantitative estimate of drug-likeness (QED) is 0.276. The molecule has 0 saturated heterocycles. The Kier molecular flexibility index (Phi) is 8.88. The molecule has 1 aliphatic rings. The summed E-state index contributed by atoms with van der Waals surface area (Å²) in [6.45, 7) is 13.6. The van der Waals surface area contributed by atoms with Crippen LogP contribution in [0.1, 0.15) is 84.1 Å². The maximum Gasteiger partial charge on any atom is 0.254 e. The molecule has 0 spiro atoms. The lowest BCUT2D eigenvalue weighted by molar-refractivity contribution is -0.133. The highest BCUT2D eigenvalue weighted by atomic mass is 32.1. The first-order chi connectivity index (χ1) is 18.2. The SMILES string of the molecule is C=CCN(CC(=O)N1CCc2sccc2C1c1ccc(C(C)(C)C)cc1)C(=O)c1ccc(CCCC)cc1. The van der Waals surface area contributed by atoms with Gasteiger partial charge in [-0.2, -0.15) is 0 Å². The molecule has 0 aliphatic carbocycles. The number of rotatable bonds is 9. The third-order valence-corrected chi connectivity index (χ3v) is 8.36. The maximum absolute atomic E-state index is 13.8. The summed E-state index contributed by atoms with van der Waals surface area (Å²) in [4.78, 5) is 32.2. The molecule has 0 radical (unpaired) electrons. The zero-order valence-corrected chi connectivity index (χ0v) is 24.0. The van der Waals surface area contributed by atoms with Gasteiger partial charge in [0.05, 0.1) is 6.04 Å². The second-order valence-corrected chi connectivity index (χ2v) is 12.2. The molecule has 5 heteroatoms. The normalized spacial score (nSPS) is 15.2. The minimum absolute atomic E-state index is 0.0263. The molecular formula is C33H40N2O2S. The van der Waals surface area contributed by atoms with Crippen LogP contribution in [-0.4, -0.2) is 41.2 Å². The van der Waals surface area contributed by atoms with E-state index < -0.39 is 0 Å². The summed E-state index contributed by atoms with van der Waals surface area (Å²) in [5, 5.41) is 2.12. The summed E-state index contributed by atoms with van der Waals surface area (Å²) < 4.78 is 0. The number of nitrogens with zero attached hydrogens (tertiary/aromatic N) is 2. The van der Waals surface area contributed by atoms with Crippen molar-refractivity contribution in [2.45, 2.75) is 64.8 Å². The summed E-state index contributed by atoms with van der Waals surface area (Å²) >= 11 is 1.76. The number of benzene rings is 2. The third kappa shape index (κ3) is 6.27.